The first kappa shape index (κ1) is 16.8. The third-order valence-corrected chi connectivity index (χ3v) is 5.38. The van der Waals surface area contributed by atoms with E-state index in [1.807, 2.05) is 26.0 Å². The normalized spacial score (nSPS) is 18.8. The van der Waals surface area contributed by atoms with E-state index in [1.165, 1.54) is 12.1 Å². The van der Waals surface area contributed by atoms with Gasteiger partial charge in [-0.1, -0.05) is 12.1 Å². The maximum absolute atomic E-state index is 13.2. The number of hydrogen-bond acceptors (Lipinski definition) is 2. The number of carbonyl (C=O) groups excluding carboxylic acids is 2. The van der Waals surface area contributed by atoms with Crippen molar-refractivity contribution in [1.29, 1.82) is 0 Å². The first-order valence-corrected chi connectivity index (χ1v) is 8.88. The summed E-state index contributed by atoms with van der Waals surface area (Å²) >= 11 is 0. The van der Waals surface area contributed by atoms with Crippen molar-refractivity contribution in [2.45, 2.75) is 38.0 Å². The predicted octanol–water partition coefficient (Wildman–Crippen LogP) is 4.19. The van der Waals surface area contributed by atoms with Crippen molar-refractivity contribution in [3.8, 4) is 0 Å². The molecule has 1 aliphatic heterocycles. The highest BCUT2D eigenvalue weighted by Gasteiger charge is 2.39. The summed E-state index contributed by atoms with van der Waals surface area (Å²) < 4.78 is 13.2. The number of hydrogen-bond donors (Lipinski definition) is 2. The molecule has 1 aliphatic carbocycles. The van der Waals surface area contributed by atoms with Crippen LogP contribution in [-0.4, -0.2) is 11.8 Å². The number of carbonyl (C=O) groups is 2. The van der Waals surface area contributed by atoms with Gasteiger partial charge in [-0.05, 0) is 74.1 Å². The van der Waals surface area contributed by atoms with E-state index in [1.54, 1.807) is 18.2 Å². The summed E-state index contributed by atoms with van der Waals surface area (Å²) in [4.78, 5) is 25.0. The number of fused-ring (bicyclic) bond motifs is 1. The molecule has 26 heavy (non-hydrogen) atoms. The van der Waals surface area contributed by atoms with Gasteiger partial charge in [0.25, 0.3) is 0 Å². The smallest absolute Gasteiger partial charge is 0.234 e. The van der Waals surface area contributed by atoms with Gasteiger partial charge in [0, 0.05) is 11.4 Å². The second-order valence-corrected chi connectivity index (χ2v) is 7.70. The van der Waals surface area contributed by atoms with Gasteiger partial charge in [-0.3, -0.25) is 9.59 Å². The standard InChI is InChI=1S/C21H21FN2O2/c1-21(2)16-11-15(9-10-17(16)24-20(21)26)23-19(25)18(12-3-4-12)13-5-7-14(22)8-6-13/h5-12,18H,3-4H2,1-2H3,(H,23,25)(H,24,26). The molecule has 1 unspecified atom stereocenters. The Balaban J connectivity index is 1.59. The molecular formula is C21H21FN2O2. The van der Waals surface area contributed by atoms with E-state index >= 15 is 0 Å². The van der Waals surface area contributed by atoms with Gasteiger partial charge in [0.1, 0.15) is 5.82 Å². The topological polar surface area (TPSA) is 58.2 Å². The Bertz CT molecular complexity index is 885. The van der Waals surface area contributed by atoms with Gasteiger partial charge >= 0.3 is 0 Å². The minimum atomic E-state index is -0.622. The van der Waals surface area contributed by atoms with Crippen molar-refractivity contribution in [3.63, 3.8) is 0 Å². The summed E-state index contributed by atoms with van der Waals surface area (Å²) in [5, 5.41) is 5.85. The maximum Gasteiger partial charge on any atom is 0.234 e. The Morgan fingerprint density at radius 1 is 1.19 bits per heavy atom. The highest BCUT2D eigenvalue weighted by molar-refractivity contribution is 6.06. The average Bonchev–Trinajstić information content (AvgIpc) is 3.39. The first-order valence-electron chi connectivity index (χ1n) is 8.88. The Morgan fingerprint density at radius 3 is 2.54 bits per heavy atom. The molecule has 2 amide bonds. The predicted molar refractivity (Wildman–Crippen MR) is 98.6 cm³/mol. The second-order valence-electron chi connectivity index (χ2n) is 7.70. The molecule has 1 heterocycles. The summed E-state index contributed by atoms with van der Waals surface area (Å²) in [6.07, 6.45) is 2.01. The minimum Gasteiger partial charge on any atom is -0.326 e. The molecule has 4 rings (SSSR count). The van der Waals surface area contributed by atoms with Crippen molar-refractivity contribution in [2.75, 3.05) is 10.6 Å². The number of amides is 2. The fraction of sp³-hybridized carbons (Fsp3) is 0.333. The summed E-state index contributed by atoms with van der Waals surface area (Å²) in [5.41, 5.74) is 2.55. The van der Waals surface area contributed by atoms with Crippen molar-refractivity contribution in [2.24, 2.45) is 5.92 Å². The molecule has 2 aromatic carbocycles. The molecule has 0 saturated heterocycles. The molecule has 1 saturated carbocycles. The molecule has 1 atom stereocenters. The molecule has 0 spiro atoms. The Kier molecular flexibility index (Phi) is 3.83. The van der Waals surface area contributed by atoms with Crippen LogP contribution in [0.2, 0.25) is 0 Å². The van der Waals surface area contributed by atoms with Crippen molar-refractivity contribution in [1.82, 2.24) is 0 Å². The van der Waals surface area contributed by atoms with Gasteiger partial charge in [0.2, 0.25) is 11.8 Å². The van der Waals surface area contributed by atoms with Gasteiger partial charge in [-0.25, -0.2) is 4.39 Å². The Morgan fingerprint density at radius 2 is 1.88 bits per heavy atom. The maximum atomic E-state index is 13.2. The lowest BCUT2D eigenvalue weighted by molar-refractivity contribution is -0.120. The fourth-order valence-electron chi connectivity index (χ4n) is 3.61. The van der Waals surface area contributed by atoms with Crippen molar-refractivity contribution in [3.05, 3.63) is 59.4 Å². The van der Waals surface area contributed by atoms with Crippen LogP contribution in [0, 0.1) is 11.7 Å². The number of nitrogens with one attached hydrogen (secondary N) is 2. The second kappa shape index (κ2) is 5.94. The fourth-order valence-corrected chi connectivity index (χ4v) is 3.61. The van der Waals surface area contributed by atoms with Gasteiger partial charge in [-0.2, -0.15) is 0 Å². The lowest BCUT2D eigenvalue weighted by Crippen LogP contribution is -2.27. The zero-order chi connectivity index (χ0) is 18.5. The molecule has 0 bridgehead atoms. The largest absolute Gasteiger partial charge is 0.326 e. The van der Waals surface area contributed by atoms with E-state index in [9.17, 15) is 14.0 Å². The quantitative estimate of drug-likeness (QED) is 0.867. The van der Waals surface area contributed by atoms with E-state index in [2.05, 4.69) is 10.6 Å². The van der Waals surface area contributed by atoms with Crippen molar-refractivity contribution >= 4 is 23.2 Å². The van der Waals surface area contributed by atoms with Crippen molar-refractivity contribution < 1.29 is 14.0 Å². The van der Waals surface area contributed by atoms with Crippen LogP contribution in [0.1, 0.15) is 43.7 Å². The number of rotatable bonds is 4. The molecule has 5 heteroatoms. The van der Waals surface area contributed by atoms with Gasteiger partial charge in [0.05, 0.1) is 11.3 Å². The molecule has 2 aromatic rings. The molecule has 2 N–H and O–H groups in total. The zero-order valence-corrected chi connectivity index (χ0v) is 14.8. The molecule has 0 radical (unpaired) electrons. The van der Waals surface area contributed by atoms with E-state index in [-0.39, 0.29) is 23.5 Å². The van der Waals surface area contributed by atoms with E-state index in [0.29, 0.717) is 11.6 Å². The van der Waals surface area contributed by atoms with Crippen LogP contribution < -0.4 is 10.6 Å². The van der Waals surface area contributed by atoms with Crippen LogP contribution in [0.25, 0.3) is 0 Å². The number of halogens is 1. The van der Waals surface area contributed by atoms with E-state index < -0.39 is 5.41 Å². The summed E-state index contributed by atoms with van der Waals surface area (Å²) in [6.45, 7) is 3.73. The Labute approximate surface area is 151 Å². The highest BCUT2D eigenvalue weighted by atomic mass is 19.1. The molecule has 0 aromatic heterocycles. The lowest BCUT2D eigenvalue weighted by Gasteiger charge is -2.19. The molecule has 1 fully saturated rings. The van der Waals surface area contributed by atoms with E-state index in [4.69, 9.17) is 0 Å². The molecule has 4 nitrogen and oxygen atoms in total. The lowest BCUT2D eigenvalue weighted by atomic mass is 9.86. The monoisotopic (exact) mass is 352 g/mol. The van der Waals surface area contributed by atoms with Crippen LogP contribution in [-0.2, 0) is 15.0 Å². The van der Waals surface area contributed by atoms with Crippen LogP contribution in [0.4, 0.5) is 15.8 Å². The highest BCUT2D eigenvalue weighted by Crippen LogP contribution is 2.44. The van der Waals surface area contributed by atoms with Crippen LogP contribution >= 0.6 is 0 Å². The van der Waals surface area contributed by atoms with Crippen LogP contribution in [0.15, 0.2) is 42.5 Å². The zero-order valence-electron chi connectivity index (χ0n) is 14.8. The number of benzene rings is 2. The summed E-state index contributed by atoms with van der Waals surface area (Å²) in [5.74, 6) is -0.416. The SMILES string of the molecule is CC1(C)C(=O)Nc2ccc(NC(=O)C(c3ccc(F)cc3)C3CC3)cc21. The third-order valence-electron chi connectivity index (χ3n) is 5.38. The Hall–Kier alpha value is -2.69. The minimum absolute atomic E-state index is 0.0434. The number of anilines is 2. The van der Waals surface area contributed by atoms with Crippen LogP contribution in [0.3, 0.4) is 0 Å². The average molecular weight is 352 g/mol. The summed E-state index contributed by atoms with van der Waals surface area (Å²) in [6, 6.07) is 11.6. The molecule has 134 valence electrons. The third kappa shape index (κ3) is 2.87. The first-order chi connectivity index (χ1) is 12.4. The molecule has 2 aliphatic rings. The van der Waals surface area contributed by atoms with E-state index in [0.717, 1.165) is 29.7 Å². The summed E-state index contributed by atoms with van der Waals surface area (Å²) in [7, 11) is 0. The van der Waals surface area contributed by atoms with Gasteiger partial charge in [-0.15, -0.1) is 0 Å². The van der Waals surface area contributed by atoms with Crippen LogP contribution in [0.5, 0.6) is 0 Å². The molecular weight excluding hydrogens is 331 g/mol. The van der Waals surface area contributed by atoms with Gasteiger partial charge in [0.15, 0.2) is 0 Å². The van der Waals surface area contributed by atoms with Gasteiger partial charge < -0.3 is 10.6 Å².